The van der Waals surface area contributed by atoms with E-state index in [2.05, 4.69) is 4.98 Å². The van der Waals surface area contributed by atoms with Crippen LogP contribution in [0.25, 0.3) is 6.08 Å². The molecule has 0 atom stereocenters. The van der Waals surface area contributed by atoms with Crippen LogP contribution < -0.4 is 9.47 Å². The summed E-state index contributed by atoms with van der Waals surface area (Å²) in [4.78, 5) is 40.8. The van der Waals surface area contributed by atoms with Crippen molar-refractivity contribution in [3.05, 3.63) is 90.9 Å². The Morgan fingerprint density at radius 2 is 1.86 bits per heavy atom. The van der Waals surface area contributed by atoms with Crippen LogP contribution in [0.2, 0.25) is 10.0 Å². The first-order valence-electron chi connectivity index (χ1n) is 9.91. The van der Waals surface area contributed by atoms with Gasteiger partial charge in [0.25, 0.3) is 16.8 Å². The molecule has 3 aromatic rings. The number of hydrogen-bond donors (Lipinski definition) is 0. The molecular formula is C23H15Cl2N3O6S. The summed E-state index contributed by atoms with van der Waals surface area (Å²) in [5.74, 6) is 0.319. The Kier molecular flexibility index (Phi) is 7.25. The second-order valence-corrected chi connectivity index (χ2v) is 8.90. The molecule has 0 unspecified atom stereocenters. The molecule has 1 aliphatic heterocycles. The number of halogens is 2. The Labute approximate surface area is 213 Å². The summed E-state index contributed by atoms with van der Waals surface area (Å²) in [5.41, 5.74) is 0.917. The van der Waals surface area contributed by atoms with Gasteiger partial charge in [0.1, 0.15) is 6.20 Å². The van der Waals surface area contributed by atoms with Gasteiger partial charge < -0.3 is 9.47 Å². The number of rotatable bonds is 7. The molecule has 1 fully saturated rings. The van der Waals surface area contributed by atoms with Crippen LogP contribution in [0.4, 0.5) is 10.5 Å². The number of thioether (sulfide) groups is 1. The molecule has 4 rings (SSSR count). The van der Waals surface area contributed by atoms with Gasteiger partial charge in [0, 0.05) is 27.7 Å². The van der Waals surface area contributed by atoms with Crippen LogP contribution in [-0.2, 0) is 11.3 Å². The number of nitrogens with zero attached hydrogens (tertiary/aromatic N) is 3. The van der Waals surface area contributed by atoms with E-state index in [4.69, 9.17) is 32.7 Å². The molecule has 2 heterocycles. The summed E-state index contributed by atoms with van der Waals surface area (Å²) in [6.07, 6.45) is 2.65. The molecular weight excluding hydrogens is 517 g/mol. The van der Waals surface area contributed by atoms with Crippen molar-refractivity contribution < 1.29 is 24.0 Å². The van der Waals surface area contributed by atoms with E-state index in [1.165, 1.54) is 19.2 Å². The topological polar surface area (TPSA) is 112 Å². The van der Waals surface area contributed by atoms with E-state index in [9.17, 15) is 19.7 Å². The SMILES string of the molecule is COc1cc(/C=C2/SC(=O)N(Cc3c(Cl)cccc3Cl)C2=O)ccc1Oc1ccc([N+](=O)[O-])cn1. The Morgan fingerprint density at radius 1 is 1.11 bits per heavy atom. The second kappa shape index (κ2) is 10.3. The number of aromatic nitrogens is 1. The number of pyridine rings is 1. The van der Waals surface area contributed by atoms with Crippen LogP contribution in [0.15, 0.2) is 59.6 Å². The summed E-state index contributed by atoms with van der Waals surface area (Å²) in [5, 5.41) is 11.1. The summed E-state index contributed by atoms with van der Waals surface area (Å²) in [6.45, 7) is -0.0428. The number of hydrogen-bond acceptors (Lipinski definition) is 8. The standard InChI is InChI=1S/C23H15Cl2N3O6S/c1-33-19-9-13(5-7-18(19)34-21-8-6-14(11-26-21)28(31)32)10-20-22(29)27(23(30)35-20)12-15-16(24)3-2-4-17(15)25/h2-11H,12H2,1H3/b20-10+. The molecule has 0 saturated carbocycles. The first kappa shape index (κ1) is 24.5. The van der Waals surface area contributed by atoms with Crippen LogP contribution in [0.3, 0.4) is 0 Å². The number of nitro groups is 1. The van der Waals surface area contributed by atoms with Gasteiger partial charge in [-0.2, -0.15) is 0 Å². The van der Waals surface area contributed by atoms with Gasteiger partial charge in [-0.3, -0.25) is 24.6 Å². The van der Waals surface area contributed by atoms with E-state index >= 15 is 0 Å². The fourth-order valence-electron chi connectivity index (χ4n) is 3.14. The predicted octanol–water partition coefficient (Wildman–Crippen LogP) is 6.33. The van der Waals surface area contributed by atoms with Crippen molar-refractivity contribution in [3.63, 3.8) is 0 Å². The zero-order valence-corrected chi connectivity index (χ0v) is 20.3. The van der Waals surface area contributed by atoms with E-state index in [1.54, 1.807) is 42.5 Å². The van der Waals surface area contributed by atoms with E-state index < -0.39 is 16.1 Å². The number of carbonyl (C=O) groups is 2. The van der Waals surface area contributed by atoms with Crippen molar-refractivity contribution in [2.24, 2.45) is 0 Å². The summed E-state index contributed by atoms with van der Waals surface area (Å²) >= 11 is 13.2. The molecule has 9 nitrogen and oxygen atoms in total. The van der Waals surface area contributed by atoms with Crippen molar-refractivity contribution in [2.75, 3.05) is 7.11 Å². The van der Waals surface area contributed by atoms with Gasteiger partial charge in [-0.05, 0) is 47.7 Å². The van der Waals surface area contributed by atoms with E-state index in [0.717, 1.165) is 22.9 Å². The highest BCUT2D eigenvalue weighted by molar-refractivity contribution is 8.18. The lowest BCUT2D eigenvalue weighted by Gasteiger charge is -2.14. The molecule has 2 aromatic carbocycles. The smallest absolute Gasteiger partial charge is 0.293 e. The van der Waals surface area contributed by atoms with Crippen molar-refractivity contribution >= 4 is 57.9 Å². The predicted molar refractivity (Wildman–Crippen MR) is 132 cm³/mol. The van der Waals surface area contributed by atoms with Gasteiger partial charge in [0.15, 0.2) is 11.5 Å². The molecule has 1 aliphatic rings. The monoisotopic (exact) mass is 531 g/mol. The minimum Gasteiger partial charge on any atom is -0.493 e. The average Bonchev–Trinajstić information content (AvgIpc) is 3.09. The van der Waals surface area contributed by atoms with Crippen molar-refractivity contribution in [1.29, 1.82) is 0 Å². The van der Waals surface area contributed by atoms with Gasteiger partial charge in [-0.15, -0.1) is 0 Å². The number of amides is 2. The van der Waals surface area contributed by atoms with Gasteiger partial charge in [-0.1, -0.05) is 35.3 Å². The lowest BCUT2D eigenvalue weighted by atomic mass is 10.1. The molecule has 0 N–H and O–H groups in total. The third-order valence-corrected chi connectivity index (χ3v) is 6.50. The normalized spacial score (nSPS) is 14.5. The quantitative estimate of drug-likeness (QED) is 0.197. The molecule has 35 heavy (non-hydrogen) atoms. The van der Waals surface area contributed by atoms with Crippen LogP contribution in [0, 0.1) is 10.1 Å². The number of methoxy groups -OCH3 is 1. The van der Waals surface area contributed by atoms with Crippen molar-refractivity contribution in [2.45, 2.75) is 6.54 Å². The first-order valence-corrected chi connectivity index (χ1v) is 11.5. The largest absolute Gasteiger partial charge is 0.493 e. The van der Waals surface area contributed by atoms with Crippen molar-refractivity contribution in [1.82, 2.24) is 9.88 Å². The maximum atomic E-state index is 12.9. The molecule has 12 heteroatoms. The molecule has 2 amide bonds. The zero-order valence-electron chi connectivity index (χ0n) is 17.9. The van der Waals surface area contributed by atoms with E-state index in [0.29, 0.717) is 32.7 Å². The summed E-state index contributed by atoms with van der Waals surface area (Å²) < 4.78 is 11.0. The first-order chi connectivity index (χ1) is 16.8. The average molecular weight is 532 g/mol. The third-order valence-electron chi connectivity index (χ3n) is 4.88. The van der Waals surface area contributed by atoms with Gasteiger partial charge in [0.05, 0.1) is 23.5 Å². The fourth-order valence-corrected chi connectivity index (χ4v) is 4.50. The third kappa shape index (κ3) is 5.40. The van der Waals surface area contributed by atoms with Gasteiger partial charge in [-0.25, -0.2) is 4.98 Å². The molecule has 0 bridgehead atoms. The molecule has 0 radical (unpaired) electrons. The summed E-state index contributed by atoms with van der Waals surface area (Å²) in [7, 11) is 1.44. The number of ether oxygens (including phenoxy) is 2. The maximum Gasteiger partial charge on any atom is 0.293 e. The van der Waals surface area contributed by atoms with Crippen LogP contribution in [0.1, 0.15) is 11.1 Å². The van der Waals surface area contributed by atoms with Crippen molar-refractivity contribution in [3.8, 4) is 17.4 Å². The molecule has 178 valence electrons. The highest BCUT2D eigenvalue weighted by atomic mass is 35.5. The second-order valence-electron chi connectivity index (χ2n) is 7.09. The van der Waals surface area contributed by atoms with Crippen LogP contribution in [-0.4, -0.2) is 33.1 Å². The Hall–Kier alpha value is -3.60. The number of imide groups is 1. The Morgan fingerprint density at radius 3 is 2.49 bits per heavy atom. The van der Waals surface area contributed by atoms with Crippen LogP contribution >= 0.6 is 35.0 Å². The number of benzene rings is 2. The lowest BCUT2D eigenvalue weighted by Crippen LogP contribution is -2.27. The minimum absolute atomic E-state index is 0.0428. The van der Waals surface area contributed by atoms with E-state index in [-0.39, 0.29) is 23.0 Å². The van der Waals surface area contributed by atoms with E-state index in [1.807, 2.05) is 0 Å². The minimum atomic E-state index is -0.559. The highest BCUT2D eigenvalue weighted by Gasteiger charge is 2.35. The molecule has 0 aliphatic carbocycles. The van der Waals surface area contributed by atoms with Gasteiger partial charge >= 0.3 is 0 Å². The van der Waals surface area contributed by atoms with Gasteiger partial charge in [0.2, 0.25) is 5.88 Å². The number of carbonyl (C=O) groups excluding carboxylic acids is 2. The Bertz CT molecular complexity index is 1340. The molecule has 1 saturated heterocycles. The zero-order chi connectivity index (χ0) is 25.1. The molecule has 1 aromatic heterocycles. The lowest BCUT2D eigenvalue weighted by molar-refractivity contribution is -0.385. The Balaban J connectivity index is 1.53. The fraction of sp³-hybridized carbons (Fsp3) is 0.0870. The highest BCUT2D eigenvalue weighted by Crippen LogP contribution is 2.37. The van der Waals surface area contributed by atoms with Crippen LogP contribution in [0.5, 0.6) is 17.4 Å². The summed E-state index contributed by atoms with van der Waals surface area (Å²) in [6, 6.07) is 12.5. The maximum absolute atomic E-state index is 12.9. The molecule has 0 spiro atoms.